The van der Waals surface area contributed by atoms with E-state index in [2.05, 4.69) is 15.0 Å². The highest BCUT2D eigenvalue weighted by molar-refractivity contribution is 7.90. The molecule has 0 saturated carbocycles. The van der Waals surface area contributed by atoms with Gasteiger partial charge >= 0.3 is 18.0 Å². The molecule has 2 amide bonds. The van der Waals surface area contributed by atoms with Crippen molar-refractivity contribution in [2.24, 2.45) is 10.3 Å². The predicted molar refractivity (Wildman–Crippen MR) is 120 cm³/mol. The molecule has 34 heavy (non-hydrogen) atoms. The van der Waals surface area contributed by atoms with Crippen molar-refractivity contribution in [2.45, 2.75) is 37.6 Å². The summed E-state index contributed by atoms with van der Waals surface area (Å²) in [4.78, 5) is 38.9. The summed E-state index contributed by atoms with van der Waals surface area (Å²) in [6.45, 7) is 4.12. The number of piperidine rings is 1. The van der Waals surface area contributed by atoms with Crippen molar-refractivity contribution >= 4 is 33.8 Å². The fourth-order valence-electron chi connectivity index (χ4n) is 4.30. The van der Waals surface area contributed by atoms with Gasteiger partial charge in [-0.2, -0.15) is 8.42 Å². The first kappa shape index (κ1) is 23.7. The third-order valence-corrected chi connectivity index (χ3v) is 7.29. The van der Waals surface area contributed by atoms with Crippen LogP contribution in [0.15, 0.2) is 44.8 Å². The van der Waals surface area contributed by atoms with E-state index >= 15 is 0 Å². The highest BCUT2D eigenvalue weighted by Gasteiger charge is 2.35. The van der Waals surface area contributed by atoms with Gasteiger partial charge < -0.3 is 25.0 Å². The average Bonchev–Trinajstić information content (AvgIpc) is 3.08. The Morgan fingerprint density at radius 2 is 1.88 bits per heavy atom. The van der Waals surface area contributed by atoms with Crippen molar-refractivity contribution in [3.05, 3.63) is 41.1 Å². The van der Waals surface area contributed by atoms with Crippen LogP contribution in [-0.4, -0.2) is 69.5 Å². The number of likely N-dealkylation sites (tertiary alicyclic amines) is 1. The molecule has 1 aromatic rings. The molecule has 3 heterocycles. The van der Waals surface area contributed by atoms with E-state index < -0.39 is 40.0 Å². The lowest BCUT2D eigenvalue weighted by Gasteiger charge is -2.32. The molecule has 3 aliphatic heterocycles. The molecule has 1 fully saturated rings. The zero-order valence-corrected chi connectivity index (χ0v) is 19.7. The lowest BCUT2D eigenvalue weighted by Crippen LogP contribution is -2.50. The van der Waals surface area contributed by atoms with Crippen LogP contribution in [0.3, 0.4) is 0 Å². The number of carbonyl (C=O) groups excluding carboxylic acids is 3. The quantitative estimate of drug-likeness (QED) is 0.580. The zero-order valence-electron chi connectivity index (χ0n) is 18.9. The number of benzene rings is 1. The molecule has 4 rings (SSSR count). The van der Waals surface area contributed by atoms with Crippen LogP contribution in [0, 0.1) is 5.92 Å². The number of carbonyl (C=O) groups is 3. The van der Waals surface area contributed by atoms with E-state index in [0.717, 1.165) is 0 Å². The molecule has 3 aliphatic rings. The average molecular weight is 491 g/mol. The van der Waals surface area contributed by atoms with Crippen LogP contribution >= 0.6 is 0 Å². The molecule has 12 heteroatoms. The summed E-state index contributed by atoms with van der Waals surface area (Å²) < 4.78 is 39.1. The Kier molecular flexibility index (Phi) is 6.60. The molecule has 0 unspecified atom stereocenters. The third-order valence-electron chi connectivity index (χ3n) is 5.96. The second-order valence-corrected chi connectivity index (χ2v) is 9.76. The topological polar surface area (TPSA) is 143 Å². The normalized spacial score (nSPS) is 21.8. The van der Waals surface area contributed by atoms with Gasteiger partial charge in [0, 0.05) is 18.7 Å². The van der Waals surface area contributed by atoms with Gasteiger partial charge in [0.15, 0.2) is 5.84 Å². The number of sulfonamides is 1. The molecule has 11 nitrogen and oxygen atoms in total. The van der Waals surface area contributed by atoms with Crippen LogP contribution in [0.5, 0.6) is 0 Å². The summed E-state index contributed by atoms with van der Waals surface area (Å²) in [7, 11) is -3.71. The lowest BCUT2D eigenvalue weighted by atomic mass is 9.96. The van der Waals surface area contributed by atoms with Crippen LogP contribution in [0.1, 0.15) is 32.3 Å². The van der Waals surface area contributed by atoms with Crippen LogP contribution in [0.4, 0.5) is 4.79 Å². The summed E-state index contributed by atoms with van der Waals surface area (Å²) >= 11 is 0. The molecule has 0 spiro atoms. The van der Waals surface area contributed by atoms with Gasteiger partial charge in [0.05, 0.1) is 29.8 Å². The maximum absolute atomic E-state index is 12.7. The van der Waals surface area contributed by atoms with Crippen LogP contribution in [-0.2, 0) is 29.1 Å². The second-order valence-electron chi connectivity index (χ2n) is 8.19. The molecule has 1 saturated heterocycles. The van der Waals surface area contributed by atoms with Crippen LogP contribution in [0.25, 0.3) is 0 Å². The van der Waals surface area contributed by atoms with E-state index in [1.54, 1.807) is 32.0 Å². The fraction of sp³-hybridized carbons (Fsp3) is 0.455. The maximum atomic E-state index is 12.7. The molecular weight excluding hydrogens is 464 g/mol. The highest BCUT2D eigenvalue weighted by atomic mass is 32.2. The molecule has 182 valence electrons. The van der Waals surface area contributed by atoms with Crippen molar-refractivity contribution in [1.82, 2.24) is 15.5 Å². The van der Waals surface area contributed by atoms with E-state index in [1.807, 2.05) is 4.90 Å². The van der Waals surface area contributed by atoms with E-state index in [4.69, 9.17) is 9.47 Å². The summed E-state index contributed by atoms with van der Waals surface area (Å²) in [5, 5.41) is 5.11. The molecule has 0 aliphatic carbocycles. The minimum absolute atomic E-state index is 0.172. The summed E-state index contributed by atoms with van der Waals surface area (Å²) in [5.41, 5.74) is 0.975. The molecule has 1 aromatic carbocycles. The summed E-state index contributed by atoms with van der Waals surface area (Å²) in [6, 6.07) is 5.60. The molecule has 0 aromatic heterocycles. The number of nitrogens with zero attached hydrogens (tertiary/aromatic N) is 2. The van der Waals surface area contributed by atoms with Crippen molar-refractivity contribution in [3.63, 3.8) is 0 Å². The molecule has 1 atom stereocenters. The van der Waals surface area contributed by atoms with Gasteiger partial charge in [0.2, 0.25) is 0 Å². The number of fused-ring (bicyclic) bond motifs is 1. The highest BCUT2D eigenvalue weighted by Crippen LogP contribution is 2.30. The van der Waals surface area contributed by atoms with Gasteiger partial charge in [-0.05, 0) is 38.8 Å². The maximum Gasteiger partial charge on any atom is 0.338 e. The number of urea groups is 1. The Bertz CT molecular complexity index is 1180. The zero-order chi connectivity index (χ0) is 24.5. The van der Waals surface area contributed by atoms with Gasteiger partial charge in [-0.3, -0.25) is 4.79 Å². The van der Waals surface area contributed by atoms with E-state index in [1.165, 1.54) is 6.07 Å². The summed E-state index contributed by atoms with van der Waals surface area (Å²) in [5.74, 6) is -1.03. The Labute approximate surface area is 197 Å². The van der Waals surface area contributed by atoms with Gasteiger partial charge in [-0.1, -0.05) is 12.1 Å². The smallest absolute Gasteiger partial charge is 0.338 e. The monoisotopic (exact) mass is 490 g/mol. The largest absolute Gasteiger partial charge is 0.463 e. The minimum atomic E-state index is -3.71. The summed E-state index contributed by atoms with van der Waals surface area (Å²) in [6.07, 6.45) is 0.905. The Morgan fingerprint density at radius 3 is 2.59 bits per heavy atom. The predicted octanol–water partition coefficient (Wildman–Crippen LogP) is 0.909. The first-order valence-corrected chi connectivity index (χ1v) is 12.5. The van der Waals surface area contributed by atoms with E-state index in [-0.39, 0.29) is 29.4 Å². The van der Waals surface area contributed by atoms with E-state index in [0.29, 0.717) is 37.3 Å². The first-order chi connectivity index (χ1) is 16.2. The van der Waals surface area contributed by atoms with Crippen molar-refractivity contribution in [1.29, 1.82) is 0 Å². The Balaban J connectivity index is 1.38. The molecule has 2 N–H and O–H groups in total. The number of amidine groups is 1. The Hall–Kier alpha value is -3.41. The van der Waals surface area contributed by atoms with Gasteiger partial charge in [-0.15, -0.1) is 4.40 Å². The lowest BCUT2D eigenvalue weighted by molar-refractivity contribution is -0.149. The third kappa shape index (κ3) is 4.63. The van der Waals surface area contributed by atoms with Crippen molar-refractivity contribution in [2.75, 3.05) is 26.3 Å². The number of nitrogens with one attached hydrogen (secondary N) is 2. The van der Waals surface area contributed by atoms with Gasteiger partial charge in [0.1, 0.15) is 11.5 Å². The number of hydrogen-bond acceptors (Lipinski definition) is 8. The van der Waals surface area contributed by atoms with Crippen LogP contribution < -0.4 is 10.6 Å². The van der Waals surface area contributed by atoms with Crippen molar-refractivity contribution in [3.8, 4) is 0 Å². The van der Waals surface area contributed by atoms with Crippen LogP contribution in [0.2, 0.25) is 0 Å². The number of hydrogen-bond donors (Lipinski definition) is 2. The molecular formula is C22H26N4O7S. The number of rotatable bonds is 5. The standard InChI is InChI=1S/C22H26N4O7S/c1-3-32-21(28)18-13(2)23-22(29)24-16(18)12-33-20(27)14-8-10-26(11-9-14)19-15-6-4-5-7-17(15)34(30,31)25-19/h4-7,13-14H,3,8-12H2,1-2H3,(H2,23,24,29)/t13-/m0/s1. The number of esters is 2. The van der Waals surface area contributed by atoms with Gasteiger partial charge in [-0.25, -0.2) is 9.59 Å². The molecule has 0 radical (unpaired) electrons. The van der Waals surface area contributed by atoms with E-state index in [9.17, 15) is 22.8 Å². The number of amides is 2. The molecule has 0 bridgehead atoms. The first-order valence-electron chi connectivity index (χ1n) is 11.0. The Morgan fingerprint density at radius 1 is 1.18 bits per heavy atom. The number of ether oxygens (including phenoxy) is 2. The van der Waals surface area contributed by atoms with Crippen molar-refractivity contribution < 1.29 is 32.3 Å². The second kappa shape index (κ2) is 9.45. The van der Waals surface area contributed by atoms with Gasteiger partial charge in [0.25, 0.3) is 10.0 Å². The SMILES string of the molecule is CCOC(=O)C1=C(COC(=O)C2CCN(C3=NS(=O)(=O)c4ccccc43)CC2)NC(=O)N[C@H]1C. The fourth-order valence-corrected chi connectivity index (χ4v) is 5.53. The minimum Gasteiger partial charge on any atom is -0.463 e.